The number of aromatic nitrogens is 1. The molecule has 1 aromatic rings. The zero-order valence-electron chi connectivity index (χ0n) is 18.0. The third kappa shape index (κ3) is 5.57. The Balaban J connectivity index is 1.39. The van der Waals surface area contributed by atoms with Crippen LogP contribution in [0.4, 0.5) is 5.82 Å². The number of hydrogen-bond acceptors (Lipinski definition) is 5. The Morgan fingerprint density at radius 3 is 2.13 bits per heavy atom. The molecular formula is C24H34N4O2. The SMILES string of the molecule is C=CCC1(CC=C)CC(=O)N(CCCCN2CCN(c3ccccn3)CC2)C(=O)C1. The Kier molecular flexibility index (Phi) is 7.80. The molecule has 6 nitrogen and oxygen atoms in total. The van der Waals surface area contributed by atoms with E-state index in [4.69, 9.17) is 0 Å². The Morgan fingerprint density at radius 1 is 0.933 bits per heavy atom. The van der Waals surface area contributed by atoms with Crippen LogP contribution in [-0.4, -0.2) is 65.9 Å². The van der Waals surface area contributed by atoms with E-state index < -0.39 is 0 Å². The summed E-state index contributed by atoms with van der Waals surface area (Å²) < 4.78 is 0. The number of pyridine rings is 1. The topological polar surface area (TPSA) is 56.8 Å². The molecule has 2 saturated heterocycles. The molecule has 2 aliphatic heterocycles. The number of likely N-dealkylation sites (tertiary alicyclic amines) is 1. The highest BCUT2D eigenvalue weighted by atomic mass is 16.2. The number of amides is 2. The van der Waals surface area contributed by atoms with E-state index in [2.05, 4.69) is 34.0 Å². The molecular weight excluding hydrogens is 376 g/mol. The molecule has 2 aliphatic rings. The molecule has 0 aliphatic carbocycles. The van der Waals surface area contributed by atoms with Crippen molar-refractivity contribution < 1.29 is 9.59 Å². The second-order valence-electron chi connectivity index (χ2n) is 8.50. The van der Waals surface area contributed by atoms with Crippen molar-refractivity contribution in [2.45, 2.75) is 38.5 Å². The number of piperidine rings is 1. The fourth-order valence-corrected chi connectivity index (χ4v) is 4.61. The van der Waals surface area contributed by atoms with Gasteiger partial charge in [-0.3, -0.25) is 19.4 Å². The fourth-order valence-electron chi connectivity index (χ4n) is 4.61. The maximum Gasteiger partial charge on any atom is 0.229 e. The Labute approximate surface area is 180 Å². The first-order chi connectivity index (χ1) is 14.6. The number of allylic oxidation sites excluding steroid dienone is 2. The molecule has 0 N–H and O–H groups in total. The van der Waals surface area contributed by atoms with Gasteiger partial charge in [-0.15, -0.1) is 13.2 Å². The Bertz CT molecular complexity index is 711. The van der Waals surface area contributed by atoms with Crippen molar-refractivity contribution in [3.8, 4) is 0 Å². The van der Waals surface area contributed by atoms with Crippen LogP contribution in [0.25, 0.3) is 0 Å². The molecule has 0 saturated carbocycles. The van der Waals surface area contributed by atoms with Crippen molar-refractivity contribution in [3.05, 3.63) is 49.7 Å². The highest BCUT2D eigenvalue weighted by molar-refractivity contribution is 5.98. The lowest BCUT2D eigenvalue weighted by Gasteiger charge is -2.39. The number of rotatable bonds is 10. The minimum atomic E-state index is -0.318. The zero-order chi connectivity index (χ0) is 21.4. The summed E-state index contributed by atoms with van der Waals surface area (Å²) in [6.45, 7) is 13.1. The maximum atomic E-state index is 12.7. The monoisotopic (exact) mass is 410 g/mol. The number of carbonyl (C=O) groups is 2. The van der Waals surface area contributed by atoms with Crippen LogP contribution in [0.3, 0.4) is 0 Å². The van der Waals surface area contributed by atoms with E-state index in [-0.39, 0.29) is 17.2 Å². The molecule has 0 atom stereocenters. The highest BCUT2D eigenvalue weighted by Crippen LogP contribution is 2.40. The summed E-state index contributed by atoms with van der Waals surface area (Å²) in [6, 6.07) is 6.02. The molecule has 0 unspecified atom stereocenters. The van der Waals surface area contributed by atoms with Gasteiger partial charge >= 0.3 is 0 Å². The number of carbonyl (C=O) groups excluding carboxylic acids is 2. The van der Waals surface area contributed by atoms with E-state index in [1.807, 2.05) is 30.5 Å². The second kappa shape index (κ2) is 10.5. The minimum Gasteiger partial charge on any atom is -0.354 e. The van der Waals surface area contributed by atoms with Gasteiger partial charge in [-0.1, -0.05) is 18.2 Å². The summed E-state index contributed by atoms with van der Waals surface area (Å²) >= 11 is 0. The van der Waals surface area contributed by atoms with E-state index in [0.717, 1.165) is 51.4 Å². The highest BCUT2D eigenvalue weighted by Gasteiger charge is 2.41. The summed E-state index contributed by atoms with van der Waals surface area (Å²) in [5.74, 6) is 0.959. The van der Waals surface area contributed by atoms with Crippen molar-refractivity contribution in [3.63, 3.8) is 0 Å². The van der Waals surface area contributed by atoms with E-state index in [0.29, 0.717) is 32.2 Å². The zero-order valence-corrected chi connectivity index (χ0v) is 18.0. The lowest BCUT2D eigenvalue weighted by molar-refractivity contribution is -0.153. The van der Waals surface area contributed by atoms with Crippen molar-refractivity contribution in [1.82, 2.24) is 14.8 Å². The Morgan fingerprint density at radius 2 is 1.57 bits per heavy atom. The number of unbranched alkanes of at least 4 members (excludes halogenated alkanes) is 1. The van der Waals surface area contributed by atoms with Gasteiger partial charge in [0.2, 0.25) is 11.8 Å². The lowest BCUT2D eigenvalue weighted by Crippen LogP contribution is -2.48. The van der Waals surface area contributed by atoms with Gasteiger partial charge in [0.15, 0.2) is 0 Å². The summed E-state index contributed by atoms with van der Waals surface area (Å²) in [4.78, 5) is 36.0. The minimum absolute atomic E-state index is 0.0427. The number of imide groups is 1. The first-order valence-electron chi connectivity index (χ1n) is 11.0. The van der Waals surface area contributed by atoms with Crippen molar-refractivity contribution in [1.29, 1.82) is 0 Å². The molecule has 1 aromatic heterocycles. The average Bonchev–Trinajstić information content (AvgIpc) is 2.74. The van der Waals surface area contributed by atoms with Crippen molar-refractivity contribution in [2.24, 2.45) is 5.41 Å². The van der Waals surface area contributed by atoms with Gasteiger partial charge in [0.1, 0.15) is 5.82 Å². The van der Waals surface area contributed by atoms with Crippen LogP contribution in [0.15, 0.2) is 49.7 Å². The molecule has 2 amide bonds. The first-order valence-corrected chi connectivity index (χ1v) is 11.0. The predicted molar refractivity (Wildman–Crippen MR) is 120 cm³/mol. The summed E-state index contributed by atoms with van der Waals surface area (Å²) in [5, 5.41) is 0. The van der Waals surface area contributed by atoms with Gasteiger partial charge < -0.3 is 4.90 Å². The van der Waals surface area contributed by atoms with Gasteiger partial charge in [0.05, 0.1) is 0 Å². The molecule has 2 fully saturated rings. The molecule has 30 heavy (non-hydrogen) atoms. The largest absolute Gasteiger partial charge is 0.354 e. The van der Waals surface area contributed by atoms with Gasteiger partial charge in [0.25, 0.3) is 0 Å². The molecule has 3 rings (SSSR count). The van der Waals surface area contributed by atoms with Gasteiger partial charge in [-0.2, -0.15) is 0 Å². The number of anilines is 1. The second-order valence-corrected chi connectivity index (χ2v) is 8.50. The van der Waals surface area contributed by atoms with E-state index in [9.17, 15) is 9.59 Å². The molecule has 0 aromatic carbocycles. The molecule has 0 bridgehead atoms. The third-order valence-corrected chi connectivity index (χ3v) is 6.26. The van der Waals surface area contributed by atoms with Crippen LogP contribution in [-0.2, 0) is 9.59 Å². The fraction of sp³-hybridized carbons (Fsp3) is 0.542. The number of piperazine rings is 1. The standard InChI is InChI=1S/C24H34N4O2/c1-3-10-24(11-4-2)19-22(29)28(23(30)20-24)14-8-7-13-26-15-17-27(18-16-26)21-9-5-6-12-25-21/h3-6,9,12H,1-2,7-8,10-11,13-20H2. The van der Waals surface area contributed by atoms with Gasteiger partial charge in [0, 0.05) is 51.8 Å². The average molecular weight is 411 g/mol. The Hall–Kier alpha value is -2.47. The van der Waals surface area contributed by atoms with Crippen LogP contribution in [0, 0.1) is 5.41 Å². The lowest BCUT2D eigenvalue weighted by atomic mass is 9.72. The number of nitrogens with zero attached hydrogens (tertiary/aromatic N) is 4. The summed E-state index contributed by atoms with van der Waals surface area (Å²) in [6.07, 6.45) is 9.48. The predicted octanol–water partition coefficient (Wildman–Crippen LogP) is 3.27. The molecule has 6 heteroatoms. The maximum absolute atomic E-state index is 12.7. The van der Waals surface area contributed by atoms with Crippen molar-refractivity contribution in [2.75, 3.05) is 44.2 Å². The van der Waals surface area contributed by atoms with Crippen LogP contribution in [0.1, 0.15) is 38.5 Å². The summed E-state index contributed by atoms with van der Waals surface area (Å²) in [7, 11) is 0. The first kappa shape index (κ1) is 22.2. The molecule has 0 radical (unpaired) electrons. The summed E-state index contributed by atoms with van der Waals surface area (Å²) in [5.41, 5.74) is -0.318. The quantitative estimate of drug-likeness (QED) is 0.337. The van der Waals surface area contributed by atoms with Crippen molar-refractivity contribution >= 4 is 17.6 Å². The van der Waals surface area contributed by atoms with E-state index >= 15 is 0 Å². The van der Waals surface area contributed by atoms with Gasteiger partial charge in [-0.25, -0.2) is 4.98 Å². The van der Waals surface area contributed by atoms with Crippen LogP contribution < -0.4 is 4.90 Å². The smallest absolute Gasteiger partial charge is 0.229 e. The molecule has 0 spiro atoms. The van der Waals surface area contributed by atoms with E-state index in [1.54, 1.807) is 0 Å². The third-order valence-electron chi connectivity index (χ3n) is 6.26. The van der Waals surface area contributed by atoms with Crippen LogP contribution >= 0.6 is 0 Å². The molecule has 3 heterocycles. The van der Waals surface area contributed by atoms with Crippen LogP contribution in [0.2, 0.25) is 0 Å². The van der Waals surface area contributed by atoms with Crippen LogP contribution in [0.5, 0.6) is 0 Å². The number of hydrogen-bond donors (Lipinski definition) is 0. The van der Waals surface area contributed by atoms with E-state index in [1.165, 1.54) is 4.90 Å². The normalized spacial score (nSPS) is 19.7. The molecule has 162 valence electrons. The van der Waals surface area contributed by atoms with Gasteiger partial charge in [-0.05, 0) is 49.8 Å².